The molecule has 4 nitrogen and oxygen atoms in total. The average Bonchev–Trinajstić information content (AvgIpc) is 2.01. The zero-order chi connectivity index (χ0) is 10.7. The largest absolute Gasteiger partial charge is 0.481 e. The van der Waals surface area contributed by atoms with Crippen LogP contribution < -0.4 is 5.73 Å². The van der Waals surface area contributed by atoms with E-state index in [0.29, 0.717) is 25.1 Å². The molecule has 1 amide bonds. The van der Waals surface area contributed by atoms with Gasteiger partial charge in [0.2, 0.25) is 5.91 Å². The van der Waals surface area contributed by atoms with E-state index in [-0.39, 0.29) is 5.91 Å². The summed E-state index contributed by atoms with van der Waals surface area (Å²) in [4.78, 5) is 19.5. The van der Waals surface area contributed by atoms with Crippen LogP contribution in [0.1, 0.15) is 32.6 Å². The maximum atomic E-state index is 9.92. The Bertz CT molecular complexity index is 150. The van der Waals surface area contributed by atoms with Crippen LogP contribution in [0.2, 0.25) is 0 Å². The fourth-order valence-corrected chi connectivity index (χ4v) is 0.589. The number of carboxylic acids is 1. The normalized spacial score (nSPS) is 8.46. The number of nitrogens with two attached hydrogens (primary N) is 1. The summed E-state index contributed by atoms with van der Waals surface area (Å²) in [5, 5.41) is 7.91. The van der Waals surface area contributed by atoms with Crippen LogP contribution >= 0.6 is 11.6 Å². The second-order valence-electron chi connectivity index (χ2n) is 2.40. The van der Waals surface area contributed by atoms with Gasteiger partial charge in [0.15, 0.2) is 0 Å². The number of amides is 1. The summed E-state index contributed by atoms with van der Waals surface area (Å²) >= 11 is 5.24. The van der Waals surface area contributed by atoms with Crippen LogP contribution in [0.15, 0.2) is 0 Å². The summed E-state index contributed by atoms with van der Waals surface area (Å²) in [5.41, 5.74) is 4.78. The maximum absolute atomic E-state index is 9.92. The molecule has 0 heterocycles. The van der Waals surface area contributed by atoms with Crippen LogP contribution in [0.5, 0.6) is 0 Å². The molecule has 0 spiro atoms. The van der Waals surface area contributed by atoms with E-state index in [2.05, 4.69) is 0 Å². The summed E-state index contributed by atoms with van der Waals surface area (Å²) in [5.74, 6) is -0.471. The maximum Gasteiger partial charge on any atom is 0.303 e. The molecule has 0 aromatic carbocycles. The molecule has 5 heteroatoms. The Morgan fingerprint density at radius 2 is 1.92 bits per heavy atom. The third-order valence-corrected chi connectivity index (χ3v) is 1.29. The van der Waals surface area contributed by atoms with E-state index in [9.17, 15) is 9.59 Å². The zero-order valence-corrected chi connectivity index (χ0v) is 8.51. The van der Waals surface area contributed by atoms with Crippen molar-refractivity contribution in [2.24, 2.45) is 5.73 Å². The predicted molar refractivity (Wildman–Crippen MR) is 51.7 cm³/mol. The number of alkyl halides is 1. The van der Waals surface area contributed by atoms with Crippen LogP contribution in [0.4, 0.5) is 0 Å². The molecule has 0 saturated heterocycles. The fraction of sp³-hybridized carbons (Fsp3) is 0.750. The van der Waals surface area contributed by atoms with E-state index >= 15 is 0 Å². The van der Waals surface area contributed by atoms with Crippen molar-refractivity contribution < 1.29 is 14.7 Å². The fourth-order valence-electron chi connectivity index (χ4n) is 0.455. The van der Waals surface area contributed by atoms with E-state index in [1.165, 1.54) is 0 Å². The summed E-state index contributed by atoms with van der Waals surface area (Å²) in [6, 6.07) is 0. The molecule has 0 radical (unpaired) electrons. The Kier molecular flexibility index (Phi) is 12.7. The SMILES string of the molecule is CCCC(=O)O.NC(=O)CCCCl. The summed E-state index contributed by atoms with van der Waals surface area (Å²) in [6.45, 7) is 1.84. The first-order valence-electron chi connectivity index (χ1n) is 4.10. The van der Waals surface area contributed by atoms with Gasteiger partial charge in [0.25, 0.3) is 0 Å². The summed E-state index contributed by atoms with van der Waals surface area (Å²) in [7, 11) is 0. The second-order valence-corrected chi connectivity index (χ2v) is 2.78. The van der Waals surface area contributed by atoms with Crippen molar-refractivity contribution in [2.45, 2.75) is 32.6 Å². The van der Waals surface area contributed by atoms with Crippen molar-refractivity contribution in [3.05, 3.63) is 0 Å². The van der Waals surface area contributed by atoms with Crippen LogP contribution in [0.25, 0.3) is 0 Å². The first-order chi connectivity index (χ1) is 6.04. The number of aliphatic carboxylic acids is 1. The summed E-state index contributed by atoms with van der Waals surface area (Å²) < 4.78 is 0. The highest BCUT2D eigenvalue weighted by Crippen LogP contribution is 1.88. The number of rotatable bonds is 5. The number of primary amides is 1. The molecular formula is C8H16ClNO3. The predicted octanol–water partition coefficient (Wildman–Crippen LogP) is 1.36. The molecule has 0 aliphatic carbocycles. The van der Waals surface area contributed by atoms with E-state index in [0.717, 1.165) is 6.42 Å². The Balaban J connectivity index is 0. The monoisotopic (exact) mass is 209 g/mol. The Labute approximate surface area is 83.1 Å². The lowest BCUT2D eigenvalue weighted by Gasteiger charge is -1.85. The van der Waals surface area contributed by atoms with Crippen molar-refractivity contribution in [3.63, 3.8) is 0 Å². The smallest absolute Gasteiger partial charge is 0.303 e. The highest BCUT2D eigenvalue weighted by atomic mass is 35.5. The van der Waals surface area contributed by atoms with E-state index in [1.54, 1.807) is 0 Å². The Morgan fingerprint density at radius 3 is 2.00 bits per heavy atom. The molecule has 0 atom stereocenters. The van der Waals surface area contributed by atoms with Crippen LogP contribution in [-0.4, -0.2) is 22.9 Å². The third kappa shape index (κ3) is 24.6. The number of hydrogen-bond donors (Lipinski definition) is 2. The summed E-state index contributed by atoms with van der Waals surface area (Å²) in [6.07, 6.45) is 2.12. The van der Waals surface area contributed by atoms with E-state index < -0.39 is 5.97 Å². The van der Waals surface area contributed by atoms with Gasteiger partial charge in [-0.2, -0.15) is 0 Å². The standard InChI is InChI=1S/C4H8ClNO.C4H8O2/c5-3-1-2-4(6)7;1-2-3-4(5)6/h1-3H2,(H2,6,7);2-3H2,1H3,(H,5,6). The van der Waals surface area contributed by atoms with Crippen molar-refractivity contribution in [1.29, 1.82) is 0 Å². The minimum Gasteiger partial charge on any atom is -0.481 e. The van der Waals surface area contributed by atoms with Crippen LogP contribution in [0.3, 0.4) is 0 Å². The van der Waals surface area contributed by atoms with Gasteiger partial charge in [-0.25, -0.2) is 0 Å². The molecule has 0 aliphatic rings. The van der Waals surface area contributed by atoms with Gasteiger partial charge >= 0.3 is 5.97 Å². The molecule has 0 rings (SSSR count). The highest BCUT2D eigenvalue weighted by molar-refractivity contribution is 6.17. The molecule has 0 saturated carbocycles. The third-order valence-electron chi connectivity index (χ3n) is 1.02. The number of carboxylic acid groups (broad SMARTS) is 1. The lowest BCUT2D eigenvalue weighted by Crippen LogP contribution is -2.09. The van der Waals surface area contributed by atoms with E-state index in [4.69, 9.17) is 22.4 Å². The van der Waals surface area contributed by atoms with Gasteiger partial charge in [-0.05, 0) is 12.8 Å². The molecule has 78 valence electrons. The van der Waals surface area contributed by atoms with Crippen molar-refractivity contribution in [3.8, 4) is 0 Å². The Hall–Kier alpha value is -0.770. The zero-order valence-electron chi connectivity index (χ0n) is 7.75. The van der Waals surface area contributed by atoms with Gasteiger partial charge < -0.3 is 10.8 Å². The molecule has 0 unspecified atom stereocenters. The van der Waals surface area contributed by atoms with Gasteiger partial charge in [-0.1, -0.05) is 6.92 Å². The molecule has 0 aliphatic heterocycles. The molecule has 0 bridgehead atoms. The lowest BCUT2D eigenvalue weighted by atomic mass is 10.3. The molecule has 0 aromatic rings. The van der Waals surface area contributed by atoms with Crippen molar-refractivity contribution in [1.82, 2.24) is 0 Å². The van der Waals surface area contributed by atoms with Gasteiger partial charge in [-0.3, -0.25) is 9.59 Å². The van der Waals surface area contributed by atoms with Crippen molar-refractivity contribution >= 4 is 23.5 Å². The first-order valence-corrected chi connectivity index (χ1v) is 4.64. The topological polar surface area (TPSA) is 80.4 Å². The van der Waals surface area contributed by atoms with Crippen LogP contribution in [0, 0.1) is 0 Å². The average molecular weight is 210 g/mol. The first kappa shape index (κ1) is 14.7. The minimum atomic E-state index is -0.711. The molecule has 0 fully saturated rings. The van der Waals surface area contributed by atoms with Gasteiger partial charge in [0.05, 0.1) is 0 Å². The number of carbonyl (C=O) groups excluding carboxylic acids is 1. The Morgan fingerprint density at radius 1 is 1.38 bits per heavy atom. The molecule has 3 N–H and O–H groups in total. The number of hydrogen-bond acceptors (Lipinski definition) is 2. The lowest BCUT2D eigenvalue weighted by molar-refractivity contribution is -0.137. The van der Waals surface area contributed by atoms with Gasteiger partial charge in [-0.15, -0.1) is 11.6 Å². The quantitative estimate of drug-likeness (QED) is 0.671. The highest BCUT2D eigenvalue weighted by Gasteiger charge is 1.89. The number of carbonyl (C=O) groups is 2. The van der Waals surface area contributed by atoms with E-state index in [1.807, 2.05) is 6.92 Å². The van der Waals surface area contributed by atoms with Crippen LogP contribution in [-0.2, 0) is 9.59 Å². The van der Waals surface area contributed by atoms with Crippen molar-refractivity contribution in [2.75, 3.05) is 5.88 Å². The second kappa shape index (κ2) is 11.2. The van der Waals surface area contributed by atoms with Gasteiger partial charge in [0.1, 0.15) is 0 Å². The van der Waals surface area contributed by atoms with Gasteiger partial charge in [0, 0.05) is 18.7 Å². The number of halogens is 1. The molecule has 0 aromatic heterocycles. The molecular weight excluding hydrogens is 194 g/mol. The molecule has 13 heavy (non-hydrogen) atoms. The minimum absolute atomic E-state index is 0.277.